The minimum absolute atomic E-state index is 0.235. The van der Waals surface area contributed by atoms with Gasteiger partial charge in [0.05, 0.1) is 19.9 Å². The molecule has 1 saturated carbocycles. The number of esters is 1. The summed E-state index contributed by atoms with van der Waals surface area (Å²) in [6.07, 6.45) is 3.77. The van der Waals surface area contributed by atoms with Gasteiger partial charge in [-0.15, -0.1) is 0 Å². The van der Waals surface area contributed by atoms with E-state index in [4.69, 9.17) is 9.15 Å². The van der Waals surface area contributed by atoms with Crippen LogP contribution in [0.15, 0.2) is 41.0 Å². The summed E-state index contributed by atoms with van der Waals surface area (Å²) in [7, 11) is 1.36. The number of rotatable bonds is 6. The van der Waals surface area contributed by atoms with Crippen molar-refractivity contribution in [2.75, 3.05) is 7.11 Å². The maximum absolute atomic E-state index is 13.0. The topological polar surface area (TPSA) is 42.7 Å². The van der Waals surface area contributed by atoms with Crippen LogP contribution in [0.1, 0.15) is 34.5 Å². The maximum atomic E-state index is 13.0. The van der Waals surface area contributed by atoms with Gasteiger partial charge in [0.25, 0.3) is 0 Å². The first kappa shape index (κ1) is 14.8. The molecule has 0 aliphatic heterocycles. The predicted molar refractivity (Wildman–Crippen MR) is 78.7 cm³/mol. The third-order valence-corrected chi connectivity index (χ3v) is 3.86. The molecule has 0 amide bonds. The number of ether oxygens (including phenoxy) is 1. The Bertz CT molecular complexity index is 646. The number of nitrogens with zero attached hydrogens (tertiary/aromatic N) is 1. The number of carbonyl (C=O) groups excluding carboxylic acids is 1. The molecule has 0 radical (unpaired) electrons. The first-order chi connectivity index (χ1) is 10.7. The molecule has 0 bridgehead atoms. The zero-order valence-corrected chi connectivity index (χ0v) is 12.4. The van der Waals surface area contributed by atoms with Crippen LogP contribution in [0.4, 0.5) is 4.39 Å². The summed E-state index contributed by atoms with van der Waals surface area (Å²) in [5.41, 5.74) is 1.51. The molecule has 1 aliphatic carbocycles. The highest BCUT2D eigenvalue weighted by Gasteiger charge is 2.30. The quantitative estimate of drug-likeness (QED) is 0.767. The molecule has 5 heteroatoms. The zero-order valence-electron chi connectivity index (χ0n) is 12.4. The van der Waals surface area contributed by atoms with Crippen LogP contribution in [0.25, 0.3) is 0 Å². The highest BCUT2D eigenvalue weighted by molar-refractivity contribution is 5.90. The van der Waals surface area contributed by atoms with Gasteiger partial charge in [-0.3, -0.25) is 4.90 Å². The summed E-state index contributed by atoms with van der Waals surface area (Å²) in [5, 5.41) is 0. The molecular formula is C17H18FNO3. The molecule has 1 aromatic carbocycles. The van der Waals surface area contributed by atoms with Crippen molar-refractivity contribution in [1.82, 2.24) is 4.90 Å². The van der Waals surface area contributed by atoms with Crippen LogP contribution >= 0.6 is 0 Å². The molecule has 0 N–H and O–H groups in total. The summed E-state index contributed by atoms with van der Waals surface area (Å²) in [6, 6.07) is 8.62. The van der Waals surface area contributed by atoms with E-state index in [9.17, 15) is 9.18 Å². The molecule has 116 valence electrons. The fourth-order valence-corrected chi connectivity index (χ4v) is 2.52. The molecule has 0 saturated heterocycles. The lowest BCUT2D eigenvalue weighted by atomic mass is 10.2. The van der Waals surface area contributed by atoms with E-state index in [1.54, 1.807) is 18.2 Å². The largest absolute Gasteiger partial charge is 0.467 e. The first-order valence-electron chi connectivity index (χ1n) is 7.30. The van der Waals surface area contributed by atoms with E-state index in [1.807, 2.05) is 0 Å². The Labute approximate surface area is 128 Å². The molecule has 1 aliphatic rings. The van der Waals surface area contributed by atoms with Gasteiger partial charge in [-0.1, -0.05) is 12.1 Å². The van der Waals surface area contributed by atoms with Crippen molar-refractivity contribution >= 4 is 5.97 Å². The number of furan rings is 1. The van der Waals surface area contributed by atoms with Crippen molar-refractivity contribution in [1.29, 1.82) is 0 Å². The number of benzene rings is 1. The van der Waals surface area contributed by atoms with Crippen molar-refractivity contribution in [2.24, 2.45) is 0 Å². The number of methoxy groups -OCH3 is 1. The normalized spacial score (nSPS) is 14.3. The van der Waals surface area contributed by atoms with E-state index in [0.717, 1.165) is 18.4 Å². The van der Waals surface area contributed by atoms with Crippen LogP contribution in [-0.2, 0) is 17.8 Å². The lowest BCUT2D eigenvalue weighted by Crippen LogP contribution is -2.25. The van der Waals surface area contributed by atoms with Crippen molar-refractivity contribution in [3.8, 4) is 0 Å². The Morgan fingerprint density at radius 1 is 1.27 bits per heavy atom. The standard InChI is InChI=1S/C17H18FNO3/c1-21-17(20)15-8-9-22-16(15)11-19(14-6-7-14)10-12-2-4-13(18)5-3-12/h2-5,8-9,14H,6-7,10-11H2,1H3. The Hall–Kier alpha value is -2.14. The summed E-state index contributed by atoms with van der Waals surface area (Å²) in [5.74, 6) is -0.0112. The first-order valence-corrected chi connectivity index (χ1v) is 7.30. The SMILES string of the molecule is COC(=O)c1ccoc1CN(Cc1ccc(F)cc1)C1CC1. The van der Waals surface area contributed by atoms with E-state index < -0.39 is 0 Å². The van der Waals surface area contributed by atoms with Gasteiger partial charge in [0.2, 0.25) is 0 Å². The Balaban J connectivity index is 1.74. The highest BCUT2D eigenvalue weighted by atomic mass is 19.1. The Kier molecular flexibility index (Phi) is 4.24. The van der Waals surface area contributed by atoms with Gasteiger partial charge in [-0.2, -0.15) is 0 Å². The summed E-state index contributed by atoms with van der Waals surface area (Å²) < 4.78 is 23.2. The van der Waals surface area contributed by atoms with Gasteiger partial charge in [-0.05, 0) is 36.6 Å². The second-order valence-corrected chi connectivity index (χ2v) is 5.51. The molecule has 0 atom stereocenters. The molecule has 0 unspecified atom stereocenters. The van der Waals surface area contributed by atoms with Gasteiger partial charge < -0.3 is 9.15 Å². The summed E-state index contributed by atoms with van der Waals surface area (Å²) in [4.78, 5) is 14.0. The fraction of sp³-hybridized carbons (Fsp3) is 0.353. The van der Waals surface area contributed by atoms with Crippen LogP contribution in [0.3, 0.4) is 0 Å². The van der Waals surface area contributed by atoms with Crippen LogP contribution in [0, 0.1) is 5.82 Å². The Morgan fingerprint density at radius 3 is 2.64 bits per heavy atom. The minimum Gasteiger partial charge on any atom is -0.467 e. The summed E-state index contributed by atoms with van der Waals surface area (Å²) in [6.45, 7) is 1.24. The van der Waals surface area contributed by atoms with E-state index >= 15 is 0 Å². The van der Waals surface area contributed by atoms with Gasteiger partial charge >= 0.3 is 5.97 Å². The number of hydrogen-bond acceptors (Lipinski definition) is 4. The van der Waals surface area contributed by atoms with Gasteiger partial charge in [0, 0.05) is 12.6 Å². The molecule has 1 heterocycles. The molecule has 22 heavy (non-hydrogen) atoms. The third-order valence-electron chi connectivity index (χ3n) is 3.86. The monoisotopic (exact) mass is 303 g/mol. The van der Waals surface area contributed by atoms with Gasteiger partial charge in [0.15, 0.2) is 0 Å². The smallest absolute Gasteiger partial charge is 0.341 e. The van der Waals surface area contributed by atoms with Gasteiger partial charge in [-0.25, -0.2) is 9.18 Å². The Morgan fingerprint density at radius 2 is 2.00 bits per heavy atom. The highest BCUT2D eigenvalue weighted by Crippen LogP contribution is 2.30. The molecular weight excluding hydrogens is 285 g/mol. The van der Waals surface area contributed by atoms with E-state index in [-0.39, 0.29) is 11.8 Å². The second kappa shape index (κ2) is 6.32. The average molecular weight is 303 g/mol. The molecule has 2 aromatic rings. The van der Waals surface area contributed by atoms with Crippen molar-refractivity contribution in [2.45, 2.75) is 32.0 Å². The second-order valence-electron chi connectivity index (χ2n) is 5.51. The van der Waals surface area contributed by atoms with E-state index in [0.29, 0.717) is 30.5 Å². The molecule has 1 fully saturated rings. The molecule has 4 nitrogen and oxygen atoms in total. The molecule has 0 spiro atoms. The maximum Gasteiger partial charge on any atom is 0.341 e. The van der Waals surface area contributed by atoms with E-state index in [2.05, 4.69) is 4.90 Å². The minimum atomic E-state index is -0.388. The lowest BCUT2D eigenvalue weighted by molar-refractivity contribution is 0.0596. The predicted octanol–water partition coefficient (Wildman–Crippen LogP) is 3.37. The lowest BCUT2D eigenvalue weighted by Gasteiger charge is -2.21. The molecule has 3 rings (SSSR count). The van der Waals surface area contributed by atoms with E-state index in [1.165, 1.54) is 25.5 Å². The van der Waals surface area contributed by atoms with Crippen LogP contribution in [-0.4, -0.2) is 24.0 Å². The fourth-order valence-electron chi connectivity index (χ4n) is 2.52. The van der Waals surface area contributed by atoms with Crippen molar-refractivity contribution in [3.63, 3.8) is 0 Å². The average Bonchev–Trinajstić information content (AvgIpc) is 3.28. The van der Waals surface area contributed by atoms with Crippen LogP contribution < -0.4 is 0 Å². The third kappa shape index (κ3) is 3.36. The van der Waals surface area contributed by atoms with Crippen molar-refractivity contribution < 1.29 is 18.3 Å². The zero-order chi connectivity index (χ0) is 15.5. The number of carbonyl (C=O) groups is 1. The summed E-state index contributed by atoms with van der Waals surface area (Å²) >= 11 is 0. The van der Waals surface area contributed by atoms with Crippen molar-refractivity contribution in [3.05, 3.63) is 59.3 Å². The number of hydrogen-bond donors (Lipinski definition) is 0. The molecule has 1 aromatic heterocycles. The van der Waals surface area contributed by atoms with Crippen LogP contribution in [0.2, 0.25) is 0 Å². The van der Waals surface area contributed by atoms with Gasteiger partial charge in [0.1, 0.15) is 17.1 Å². The van der Waals surface area contributed by atoms with Crippen LogP contribution in [0.5, 0.6) is 0 Å². The number of halogens is 1.